The summed E-state index contributed by atoms with van der Waals surface area (Å²) in [4.78, 5) is 34.9. The second-order valence-electron chi connectivity index (χ2n) is 7.58. The Bertz CT molecular complexity index is 1120. The van der Waals surface area contributed by atoms with Gasteiger partial charge in [-0.05, 0) is 58.3 Å². The number of nitrogens with zero attached hydrogens (tertiary/aromatic N) is 3. The van der Waals surface area contributed by atoms with Crippen LogP contribution in [0.2, 0.25) is 0 Å². The van der Waals surface area contributed by atoms with Crippen molar-refractivity contribution in [3.8, 4) is 5.75 Å². The minimum absolute atomic E-state index is 0.0988. The van der Waals surface area contributed by atoms with Crippen LogP contribution < -0.4 is 10.2 Å². The molecule has 0 aliphatic carbocycles. The number of amides is 1. The van der Waals surface area contributed by atoms with Crippen molar-refractivity contribution in [3.05, 3.63) is 69.8 Å². The first-order valence-electron chi connectivity index (χ1n) is 10.1. The summed E-state index contributed by atoms with van der Waals surface area (Å²) in [6.07, 6.45) is 2.45. The number of fused-ring (bicyclic) bond motifs is 2. The van der Waals surface area contributed by atoms with Crippen LogP contribution in [0.1, 0.15) is 41.2 Å². The second-order valence-corrected chi connectivity index (χ2v) is 7.58. The van der Waals surface area contributed by atoms with Crippen molar-refractivity contribution in [1.82, 2.24) is 14.8 Å². The second kappa shape index (κ2) is 8.28. The van der Waals surface area contributed by atoms with Crippen LogP contribution in [0.4, 0.5) is 0 Å². The molecule has 4 rings (SSSR count). The molecule has 1 aromatic carbocycles. The highest BCUT2D eigenvalue weighted by atomic mass is 16.5. The van der Waals surface area contributed by atoms with Crippen molar-refractivity contribution < 1.29 is 13.9 Å². The molecular weight excluding hydrogens is 382 g/mol. The SMILES string of the molecule is CCOc1ccc2c(=O)c3c(oc2c1)C(=O)N(CCCN(C)C)C3c1ccccn1. The highest BCUT2D eigenvalue weighted by molar-refractivity contribution is 5.99. The zero-order chi connectivity index (χ0) is 21.3. The molecule has 0 bridgehead atoms. The van der Waals surface area contributed by atoms with E-state index in [0.717, 1.165) is 13.0 Å². The number of rotatable bonds is 7. The van der Waals surface area contributed by atoms with E-state index < -0.39 is 6.04 Å². The molecule has 0 radical (unpaired) electrons. The summed E-state index contributed by atoms with van der Waals surface area (Å²) in [6.45, 7) is 3.72. The minimum Gasteiger partial charge on any atom is -0.494 e. The molecule has 3 heterocycles. The van der Waals surface area contributed by atoms with Crippen molar-refractivity contribution in [2.45, 2.75) is 19.4 Å². The number of ether oxygens (including phenoxy) is 1. The number of benzene rings is 1. The van der Waals surface area contributed by atoms with Crippen molar-refractivity contribution >= 4 is 16.9 Å². The topological polar surface area (TPSA) is 75.9 Å². The molecule has 1 aliphatic heterocycles. The summed E-state index contributed by atoms with van der Waals surface area (Å²) < 4.78 is 11.5. The molecule has 3 aromatic rings. The van der Waals surface area contributed by atoms with Gasteiger partial charge in [-0.2, -0.15) is 0 Å². The summed E-state index contributed by atoms with van der Waals surface area (Å²) in [6, 6.07) is 10.1. The van der Waals surface area contributed by atoms with Gasteiger partial charge in [-0.25, -0.2) is 0 Å². The minimum atomic E-state index is -0.553. The molecule has 0 N–H and O–H groups in total. The molecule has 1 aliphatic rings. The quantitative estimate of drug-likeness (QED) is 0.599. The van der Waals surface area contributed by atoms with E-state index in [-0.39, 0.29) is 17.1 Å². The highest BCUT2D eigenvalue weighted by Crippen LogP contribution is 2.37. The first-order valence-corrected chi connectivity index (χ1v) is 10.1. The molecule has 0 spiro atoms. The lowest BCUT2D eigenvalue weighted by Gasteiger charge is -2.24. The third kappa shape index (κ3) is 3.57. The molecule has 1 amide bonds. The molecule has 2 aromatic heterocycles. The van der Waals surface area contributed by atoms with E-state index in [9.17, 15) is 9.59 Å². The molecule has 0 saturated heterocycles. The predicted molar refractivity (Wildman–Crippen MR) is 114 cm³/mol. The van der Waals surface area contributed by atoms with Gasteiger partial charge in [-0.1, -0.05) is 6.07 Å². The van der Waals surface area contributed by atoms with Gasteiger partial charge in [0, 0.05) is 18.8 Å². The van der Waals surface area contributed by atoms with Gasteiger partial charge in [-0.15, -0.1) is 0 Å². The molecule has 1 atom stereocenters. The van der Waals surface area contributed by atoms with Crippen LogP contribution in [-0.4, -0.2) is 54.5 Å². The van der Waals surface area contributed by atoms with Gasteiger partial charge in [0.05, 0.1) is 23.3 Å². The molecule has 1 unspecified atom stereocenters. The van der Waals surface area contributed by atoms with Crippen molar-refractivity contribution in [2.24, 2.45) is 0 Å². The fraction of sp³-hybridized carbons (Fsp3) is 0.348. The van der Waals surface area contributed by atoms with E-state index in [1.54, 1.807) is 29.3 Å². The average Bonchev–Trinajstić information content (AvgIpc) is 3.01. The Balaban J connectivity index is 1.84. The van der Waals surface area contributed by atoms with Crippen LogP contribution in [0.15, 0.2) is 51.8 Å². The lowest BCUT2D eigenvalue weighted by molar-refractivity contribution is 0.0719. The van der Waals surface area contributed by atoms with Gasteiger partial charge in [0.25, 0.3) is 5.91 Å². The fourth-order valence-corrected chi connectivity index (χ4v) is 3.89. The fourth-order valence-electron chi connectivity index (χ4n) is 3.89. The Morgan fingerprint density at radius 3 is 2.73 bits per heavy atom. The van der Waals surface area contributed by atoms with Crippen LogP contribution in [0.3, 0.4) is 0 Å². The number of carbonyl (C=O) groups is 1. The Morgan fingerprint density at radius 1 is 1.20 bits per heavy atom. The van der Waals surface area contributed by atoms with Gasteiger partial charge in [0.2, 0.25) is 5.76 Å². The number of pyridine rings is 1. The molecule has 156 valence electrons. The average molecular weight is 407 g/mol. The maximum atomic E-state index is 13.4. The van der Waals surface area contributed by atoms with Gasteiger partial charge in [0.1, 0.15) is 17.4 Å². The number of carbonyl (C=O) groups excluding carboxylic acids is 1. The lowest BCUT2D eigenvalue weighted by Crippen LogP contribution is -2.32. The van der Waals surface area contributed by atoms with Crippen LogP contribution in [0.25, 0.3) is 11.0 Å². The lowest BCUT2D eigenvalue weighted by atomic mass is 10.0. The van der Waals surface area contributed by atoms with Crippen LogP contribution in [0, 0.1) is 0 Å². The van der Waals surface area contributed by atoms with Crippen molar-refractivity contribution in [1.29, 1.82) is 0 Å². The highest BCUT2D eigenvalue weighted by Gasteiger charge is 2.43. The largest absolute Gasteiger partial charge is 0.494 e. The van der Waals surface area contributed by atoms with E-state index in [1.807, 2.05) is 39.2 Å². The zero-order valence-corrected chi connectivity index (χ0v) is 17.4. The van der Waals surface area contributed by atoms with Gasteiger partial charge < -0.3 is 19.0 Å². The molecular formula is C23H25N3O4. The molecule has 30 heavy (non-hydrogen) atoms. The molecule has 7 heteroatoms. The van der Waals surface area contributed by atoms with Crippen LogP contribution in [-0.2, 0) is 0 Å². The van der Waals surface area contributed by atoms with Crippen molar-refractivity contribution in [2.75, 3.05) is 33.8 Å². The zero-order valence-electron chi connectivity index (χ0n) is 17.4. The Labute approximate surface area is 174 Å². The number of aromatic nitrogens is 1. The van der Waals surface area contributed by atoms with Crippen molar-refractivity contribution in [3.63, 3.8) is 0 Å². The Hall–Kier alpha value is -3.19. The third-order valence-corrected chi connectivity index (χ3v) is 5.22. The maximum absolute atomic E-state index is 13.4. The third-order valence-electron chi connectivity index (χ3n) is 5.22. The van der Waals surface area contributed by atoms with E-state index in [0.29, 0.717) is 41.1 Å². The van der Waals surface area contributed by atoms with E-state index in [2.05, 4.69) is 9.88 Å². The molecule has 7 nitrogen and oxygen atoms in total. The van der Waals surface area contributed by atoms with E-state index in [4.69, 9.17) is 9.15 Å². The molecule has 0 fully saturated rings. The summed E-state index contributed by atoms with van der Waals surface area (Å²) in [5.41, 5.74) is 1.17. The maximum Gasteiger partial charge on any atom is 0.290 e. The number of hydrogen-bond acceptors (Lipinski definition) is 6. The Morgan fingerprint density at radius 2 is 2.03 bits per heavy atom. The Kier molecular flexibility index (Phi) is 5.55. The number of hydrogen-bond donors (Lipinski definition) is 0. The van der Waals surface area contributed by atoms with Crippen LogP contribution in [0.5, 0.6) is 5.75 Å². The van der Waals surface area contributed by atoms with Gasteiger partial charge in [-0.3, -0.25) is 14.6 Å². The predicted octanol–water partition coefficient (Wildman–Crippen LogP) is 3.08. The van der Waals surface area contributed by atoms with Gasteiger partial charge >= 0.3 is 0 Å². The summed E-state index contributed by atoms with van der Waals surface area (Å²) >= 11 is 0. The van der Waals surface area contributed by atoms with E-state index in [1.165, 1.54) is 0 Å². The van der Waals surface area contributed by atoms with E-state index >= 15 is 0 Å². The van der Waals surface area contributed by atoms with Crippen LogP contribution >= 0.6 is 0 Å². The molecule has 0 saturated carbocycles. The standard InChI is InChI=1S/C23H25N3O4/c1-4-29-15-9-10-16-18(14-15)30-22-19(21(16)27)20(17-8-5-6-11-24-17)26(23(22)28)13-7-12-25(2)3/h5-6,8-11,14,20H,4,7,12-13H2,1-3H3. The normalized spacial score (nSPS) is 15.8. The summed E-state index contributed by atoms with van der Waals surface area (Å²) in [5.74, 6) is 0.421. The van der Waals surface area contributed by atoms with Gasteiger partial charge in [0.15, 0.2) is 5.43 Å². The first kappa shape index (κ1) is 20.1. The summed E-state index contributed by atoms with van der Waals surface area (Å²) in [7, 11) is 3.98. The smallest absolute Gasteiger partial charge is 0.290 e. The summed E-state index contributed by atoms with van der Waals surface area (Å²) in [5, 5.41) is 0.432. The monoisotopic (exact) mass is 407 g/mol. The first-order chi connectivity index (χ1) is 14.5.